The smallest absolute Gasteiger partial charge is 0.192 e. The molecule has 0 heterocycles. The molecule has 2 unspecified atom stereocenters. The molecule has 0 amide bonds. The molecular weight excluding hydrogens is 140 g/mol. The minimum absolute atomic E-state index is 0.0793. The number of hydrogen-bond donors (Lipinski definition) is 0. The SMILES string of the molecule is COC12C=C(C)C1C=CC2=O. The van der Waals surface area contributed by atoms with Crippen LogP contribution in [0.25, 0.3) is 0 Å². The Morgan fingerprint density at radius 2 is 2.36 bits per heavy atom. The van der Waals surface area contributed by atoms with Crippen LogP contribution in [0.3, 0.4) is 0 Å². The zero-order chi connectivity index (χ0) is 8.06. The highest BCUT2D eigenvalue weighted by Gasteiger charge is 2.52. The highest BCUT2D eigenvalue weighted by Crippen LogP contribution is 2.45. The monoisotopic (exact) mass is 150 g/mol. The number of methoxy groups -OCH3 is 1. The quantitative estimate of drug-likeness (QED) is 0.523. The van der Waals surface area contributed by atoms with Crippen molar-refractivity contribution in [2.45, 2.75) is 12.5 Å². The molecule has 0 aromatic rings. The van der Waals surface area contributed by atoms with Gasteiger partial charge in [0.25, 0.3) is 0 Å². The number of ether oxygens (including phenoxy) is 1. The van der Waals surface area contributed by atoms with Gasteiger partial charge >= 0.3 is 0 Å². The van der Waals surface area contributed by atoms with E-state index in [9.17, 15) is 4.79 Å². The fourth-order valence-corrected chi connectivity index (χ4v) is 1.88. The highest BCUT2D eigenvalue weighted by molar-refractivity contribution is 6.04. The maximum Gasteiger partial charge on any atom is 0.192 e. The van der Waals surface area contributed by atoms with Crippen LogP contribution in [0.5, 0.6) is 0 Å². The lowest BCUT2D eigenvalue weighted by molar-refractivity contribution is -0.133. The molecule has 0 bridgehead atoms. The van der Waals surface area contributed by atoms with E-state index >= 15 is 0 Å². The second-order valence-electron chi connectivity index (χ2n) is 3.09. The molecule has 0 aromatic heterocycles. The molecule has 0 saturated heterocycles. The van der Waals surface area contributed by atoms with Gasteiger partial charge in [0.1, 0.15) is 0 Å². The van der Waals surface area contributed by atoms with Crippen molar-refractivity contribution in [3.8, 4) is 0 Å². The van der Waals surface area contributed by atoms with E-state index in [0.29, 0.717) is 0 Å². The maximum absolute atomic E-state index is 11.3. The van der Waals surface area contributed by atoms with E-state index in [1.807, 2.05) is 19.1 Å². The van der Waals surface area contributed by atoms with Crippen LogP contribution in [0, 0.1) is 5.92 Å². The predicted molar refractivity (Wildman–Crippen MR) is 41.1 cm³/mol. The van der Waals surface area contributed by atoms with Gasteiger partial charge in [-0.15, -0.1) is 0 Å². The molecule has 58 valence electrons. The van der Waals surface area contributed by atoms with Gasteiger partial charge in [0.2, 0.25) is 0 Å². The molecule has 2 nitrogen and oxygen atoms in total. The normalized spacial score (nSPS) is 40.0. The first-order valence-corrected chi connectivity index (χ1v) is 3.68. The summed E-state index contributed by atoms with van der Waals surface area (Å²) in [5.74, 6) is 0.288. The van der Waals surface area contributed by atoms with Gasteiger partial charge in [-0.3, -0.25) is 4.79 Å². The first kappa shape index (κ1) is 6.80. The minimum Gasteiger partial charge on any atom is -0.365 e. The Bertz CT molecular complexity index is 275. The number of ketones is 1. The molecule has 0 aromatic carbocycles. The molecule has 0 N–H and O–H groups in total. The minimum atomic E-state index is -0.607. The maximum atomic E-state index is 11.3. The number of carbonyl (C=O) groups is 1. The van der Waals surface area contributed by atoms with Gasteiger partial charge in [-0.1, -0.05) is 11.6 Å². The van der Waals surface area contributed by atoms with E-state index in [1.54, 1.807) is 13.2 Å². The van der Waals surface area contributed by atoms with Gasteiger partial charge in [0, 0.05) is 13.0 Å². The van der Waals surface area contributed by atoms with Gasteiger partial charge in [0.05, 0.1) is 0 Å². The average Bonchev–Trinajstić information content (AvgIpc) is 2.23. The first-order chi connectivity index (χ1) is 5.20. The van der Waals surface area contributed by atoms with Crippen LogP contribution in [-0.4, -0.2) is 18.5 Å². The van der Waals surface area contributed by atoms with Crippen LogP contribution in [-0.2, 0) is 9.53 Å². The molecule has 2 rings (SSSR count). The summed E-state index contributed by atoms with van der Waals surface area (Å²) in [4.78, 5) is 11.3. The lowest BCUT2D eigenvalue weighted by atomic mass is 9.73. The standard InChI is InChI=1S/C9H10O2/c1-6-5-9(11-2)7(6)3-4-8(9)10/h3-5,7H,1-2H3. The number of rotatable bonds is 1. The third-order valence-electron chi connectivity index (χ3n) is 2.56. The Morgan fingerprint density at radius 3 is 2.82 bits per heavy atom. The summed E-state index contributed by atoms with van der Waals surface area (Å²) in [5.41, 5.74) is 0.623. The third kappa shape index (κ3) is 0.583. The summed E-state index contributed by atoms with van der Waals surface area (Å²) in [6.45, 7) is 2.02. The van der Waals surface area contributed by atoms with Crippen molar-refractivity contribution in [3.05, 3.63) is 23.8 Å². The number of carbonyl (C=O) groups excluding carboxylic acids is 1. The number of hydrogen-bond acceptors (Lipinski definition) is 2. The Balaban J connectivity index is 2.42. The molecular formula is C9H10O2. The van der Waals surface area contributed by atoms with E-state index < -0.39 is 5.60 Å². The Hall–Kier alpha value is -0.890. The summed E-state index contributed by atoms with van der Waals surface area (Å²) < 4.78 is 5.19. The van der Waals surface area contributed by atoms with Crippen molar-refractivity contribution in [2.24, 2.45) is 5.92 Å². The molecule has 0 saturated carbocycles. The van der Waals surface area contributed by atoms with Crippen LogP contribution in [0.2, 0.25) is 0 Å². The highest BCUT2D eigenvalue weighted by atomic mass is 16.5. The van der Waals surface area contributed by atoms with E-state index in [1.165, 1.54) is 5.57 Å². The fraction of sp³-hybridized carbons (Fsp3) is 0.444. The molecule has 2 atom stereocenters. The average molecular weight is 150 g/mol. The van der Waals surface area contributed by atoms with Crippen LogP contribution in [0.15, 0.2) is 23.8 Å². The van der Waals surface area contributed by atoms with Crippen molar-refractivity contribution in [1.29, 1.82) is 0 Å². The van der Waals surface area contributed by atoms with Crippen molar-refractivity contribution >= 4 is 5.78 Å². The van der Waals surface area contributed by atoms with Crippen molar-refractivity contribution in [2.75, 3.05) is 7.11 Å². The molecule has 2 aliphatic carbocycles. The summed E-state index contributed by atoms with van der Waals surface area (Å²) in [7, 11) is 1.58. The van der Waals surface area contributed by atoms with Crippen molar-refractivity contribution in [1.82, 2.24) is 0 Å². The van der Waals surface area contributed by atoms with Crippen LogP contribution in [0.4, 0.5) is 0 Å². The number of fused-ring (bicyclic) bond motifs is 1. The van der Waals surface area contributed by atoms with Crippen molar-refractivity contribution < 1.29 is 9.53 Å². The lowest BCUT2D eigenvalue weighted by Crippen LogP contribution is -2.48. The van der Waals surface area contributed by atoms with E-state index in [0.717, 1.165) is 0 Å². The zero-order valence-electron chi connectivity index (χ0n) is 6.63. The van der Waals surface area contributed by atoms with Gasteiger partial charge in [-0.05, 0) is 19.1 Å². The van der Waals surface area contributed by atoms with Crippen LogP contribution >= 0.6 is 0 Å². The molecule has 11 heavy (non-hydrogen) atoms. The summed E-state index contributed by atoms with van der Waals surface area (Å²) in [5, 5.41) is 0. The molecule has 2 heteroatoms. The van der Waals surface area contributed by atoms with E-state index in [4.69, 9.17) is 4.74 Å². The summed E-state index contributed by atoms with van der Waals surface area (Å²) in [6, 6.07) is 0. The Morgan fingerprint density at radius 1 is 1.64 bits per heavy atom. The molecule has 0 fully saturated rings. The predicted octanol–water partition coefficient (Wildman–Crippen LogP) is 1.09. The summed E-state index contributed by atoms with van der Waals surface area (Å²) in [6.07, 6.45) is 5.43. The van der Waals surface area contributed by atoms with E-state index in [-0.39, 0.29) is 11.7 Å². The molecule has 0 aliphatic heterocycles. The molecule has 0 radical (unpaired) electrons. The van der Waals surface area contributed by atoms with Gasteiger partial charge in [-0.2, -0.15) is 0 Å². The zero-order valence-corrected chi connectivity index (χ0v) is 6.63. The lowest BCUT2D eigenvalue weighted by Gasteiger charge is -2.38. The Kier molecular flexibility index (Phi) is 1.13. The van der Waals surface area contributed by atoms with Crippen molar-refractivity contribution in [3.63, 3.8) is 0 Å². The second kappa shape index (κ2) is 1.83. The topological polar surface area (TPSA) is 26.3 Å². The largest absolute Gasteiger partial charge is 0.365 e. The Labute approximate surface area is 65.5 Å². The van der Waals surface area contributed by atoms with Crippen LogP contribution in [0.1, 0.15) is 6.92 Å². The van der Waals surface area contributed by atoms with Gasteiger partial charge in [0.15, 0.2) is 11.4 Å². The fourth-order valence-electron chi connectivity index (χ4n) is 1.88. The van der Waals surface area contributed by atoms with E-state index in [2.05, 4.69) is 0 Å². The molecule has 0 spiro atoms. The second-order valence-corrected chi connectivity index (χ2v) is 3.09. The van der Waals surface area contributed by atoms with Gasteiger partial charge in [-0.25, -0.2) is 0 Å². The first-order valence-electron chi connectivity index (χ1n) is 3.68. The van der Waals surface area contributed by atoms with Gasteiger partial charge < -0.3 is 4.74 Å². The summed E-state index contributed by atoms with van der Waals surface area (Å²) >= 11 is 0. The van der Waals surface area contributed by atoms with Crippen LogP contribution < -0.4 is 0 Å². The molecule has 2 aliphatic rings. The third-order valence-corrected chi connectivity index (χ3v) is 2.56.